The van der Waals surface area contributed by atoms with E-state index >= 15 is 0 Å². The fraction of sp³-hybridized carbons (Fsp3) is 1.00. The van der Waals surface area contributed by atoms with Gasteiger partial charge in [-0.15, -0.1) is 0 Å². The highest BCUT2D eigenvalue weighted by molar-refractivity contribution is 4.59. The smallest absolute Gasteiger partial charge is 0.0809 e. The first-order valence-corrected chi connectivity index (χ1v) is 10.4. The van der Waals surface area contributed by atoms with Crippen LogP contribution < -0.4 is 0 Å². The second-order valence-electron chi connectivity index (χ2n) is 6.67. The summed E-state index contributed by atoms with van der Waals surface area (Å²) < 4.78 is 28.0. The van der Waals surface area contributed by atoms with Gasteiger partial charge >= 0.3 is 0 Å². The Labute approximate surface area is 154 Å². The van der Waals surface area contributed by atoms with Gasteiger partial charge < -0.3 is 23.7 Å². The molecule has 0 N–H and O–H groups in total. The van der Waals surface area contributed by atoms with E-state index in [9.17, 15) is 0 Å². The summed E-state index contributed by atoms with van der Waals surface area (Å²) in [6.07, 6.45) is 11.9. The molecule has 0 amide bonds. The van der Waals surface area contributed by atoms with Gasteiger partial charge in [0.2, 0.25) is 0 Å². The molecule has 0 aromatic rings. The summed E-state index contributed by atoms with van der Waals surface area (Å²) in [6.45, 7) is 7.84. The van der Waals surface area contributed by atoms with E-state index in [-0.39, 0.29) is 6.10 Å². The molecule has 0 aromatic heterocycles. The van der Waals surface area contributed by atoms with E-state index in [4.69, 9.17) is 23.7 Å². The van der Waals surface area contributed by atoms with Gasteiger partial charge in [-0.2, -0.15) is 0 Å². The Balaban J connectivity index is 2.10. The number of ether oxygens (including phenoxy) is 5. The van der Waals surface area contributed by atoms with E-state index < -0.39 is 0 Å². The molecule has 0 aromatic carbocycles. The van der Waals surface area contributed by atoms with E-state index in [1.165, 1.54) is 51.4 Å². The first kappa shape index (κ1) is 22.8. The number of hydrogen-bond acceptors (Lipinski definition) is 5. The van der Waals surface area contributed by atoms with Crippen molar-refractivity contribution in [2.24, 2.45) is 0 Å². The minimum atomic E-state index is 0.171. The van der Waals surface area contributed by atoms with Gasteiger partial charge in [0.1, 0.15) is 0 Å². The summed E-state index contributed by atoms with van der Waals surface area (Å²) in [4.78, 5) is 0. The molecule has 25 heavy (non-hydrogen) atoms. The van der Waals surface area contributed by atoms with Gasteiger partial charge in [0.05, 0.1) is 65.6 Å². The molecule has 0 spiro atoms. The van der Waals surface area contributed by atoms with Gasteiger partial charge in [0, 0.05) is 0 Å². The van der Waals surface area contributed by atoms with Crippen LogP contribution >= 0.6 is 0 Å². The van der Waals surface area contributed by atoms with Crippen molar-refractivity contribution in [3.05, 3.63) is 0 Å². The molecule has 1 rings (SSSR count). The van der Waals surface area contributed by atoms with Crippen molar-refractivity contribution in [3.63, 3.8) is 0 Å². The molecule has 1 heterocycles. The normalized spacial score (nSPS) is 22.2. The lowest BCUT2D eigenvalue weighted by molar-refractivity contribution is -0.0491. The molecule has 150 valence electrons. The molecule has 0 bridgehead atoms. The lowest BCUT2D eigenvalue weighted by Gasteiger charge is -2.18. The van der Waals surface area contributed by atoms with Crippen LogP contribution in [-0.4, -0.2) is 65.6 Å². The van der Waals surface area contributed by atoms with Crippen molar-refractivity contribution in [2.45, 2.75) is 70.8 Å². The Morgan fingerprint density at radius 1 is 0.560 bits per heavy atom. The highest BCUT2D eigenvalue weighted by Crippen LogP contribution is 2.12. The van der Waals surface area contributed by atoms with E-state index in [1.807, 2.05) is 0 Å². The summed E-state index contributed by atoms with van der Waals surface area (Å²) in [7, 11) is 0. The van der Waals surface area contributed by atoms with Crippen molar-refractivity contribution in [3.8, 4) is 0 Å². The molecule has 1 aliphatic heterocycles. The third-order valence-corrected chi connectivity index (χ3v) is 4.38. The molecule has 1 saturated heterocycles. The predicted octanol–water partition coefficient (Wildman–Crippen LogP) is 3.98. The number of hydrogen-bond donors (Lipinski definition) is 0. The summed E-state index contributed by atoms with van der Waals surface area (Å²) in [5, 5.41) is 0. The number of unbranched alkanes of at least 4 members (excludes halogenated alkanes) is 7. The van der Waals surface area contributed by atoms with E-state index in [0.29, 0.717) is 59.5 Å². The molecule has 1 unspecified atom stereocenters. The van der Waals surface area contributed by atoms with E-state index in [0.717, 1.165) is 6.42 Å². The molecule has 0 aliphatic carbocycles. The topological polar surface area (TPSA) is 46.2 Å². The maximum Gasteiger partial charge on any atom is 0.0809 e. The number of rotatable bonds is 9. The van der Waals surface area contributed by atoms with Crippen LogP contribution in [0.1, 0.15) is 64.7 Å². The Morgan fingerprint density at radius 2 is 1.04 bits per heavy atom. The lowest BCUT2D eigenvalue weighted by atomic mass is 10.1. The molecule has 5 nitrogen and oxygen atoms in total. The van der Waals surface area contributed by atoms with E-state index in [2.05, 4.69) is 6.92 Å². The monoisotopic (exact) mass is 360 g/mol. The second-order valence-corrected chi connectivity index (χ2v) is 6.67. The van der Waals surface area contributed by atoms with Crippen molar-refractivity contribution >= 4 is 0 Å². The predicted molar refractivity (Wildman–Crippen MR) is 100 cm³/mol. The first-order chi connectivity index (χ1) is 12.4. The zero-order valence-corrected chi connectivity index (χ0v) is 16.3. The van der Waals surface area contributed by atoms with Crippen LogP contribution in [0.4, 0.5) is 0 Å². The van der Waals surface area contributed by atoms with Crippen molar-refractivity contribution in [1.82, 2.24) is 0 Å². The molecule has 1 fully saturated rings. The van der Waals surface area contributed by atoms with E-state index in [1.54, 1.807) is 0 Å². The minimum Gasteiger partial charge on any atom is -0.377 e. The highest BCUT2D eigenvalue weighted by atomic mass is 16.6. The summed E-state index contributed by atoms with van der Waals surface area (Å²) in [5.74, 6) is 0. The van der Waals surface area contributed by atoms with Crippen LogP contribution in [-0.2, 0) is 23.7 Å². The largest absolute Gasteiger partial charge is 0.377 e. The average Bonchev–Trinajstić information content (AvgIpc) is 2.63. The SMILES string of the molecule is CCCCCCCCCCC1COCCOCCOCCOCCO1. The molecular weight excluding hydrogens is 320 g/mol. The molecule has 1 aliphatic rings. The van der Waals surface area contributed by atoms with Crippen molar-refractivity contribution in [1.29, 1.82) is 0 Å². The fourth-order valence-electron chi connectivity index (χ4n) is 2.87. The molecule has 1 atom stereocenters. The van der Waals surface area contributed by atoms with Gasteiger partial charge in [-0.05, 0) is 6.42 Å². The van der Waals surface area contributed by atoms with Crippen LogP contribution in [0.25, 0.3) is 0 Å². The summed E-state index contributed by atoms with van der Waals surface area (Å²) >= 11 is 0. The summed E-state index contributed by atoms with van der Waals surface area (Å²) in [5.41, 5.74) is 0. The Kier molecular flexibility index (Phi) is 17.0. The van der Waals surface area contributed by atoms with Crippen LogP contribution in [0.5, 0.6) is 0 Å². The van der Waals surface area contributed by atoms with Gasteiger partial charge in [-0.25, -0.2) is 0 Å². The van der Waals surface area contributed by atoms with Crippen LogP contribution in [0, 0.1) is 0 Å². The molecular formula is C20H40O5. The van der Waals surface area contributed by atoms with Gasteiger partial charge in [-0.3, -0.25) is 0 Å². The average molecular weight is 361 g/mol. The zero-order valence-electron chi connectivity index (χ0n) is 16.3. The van der Waals surface area contributed by atoms with Crippen molar-refractivity contribution < 1.29 is 23.7 Å². The Hall–Kier alpha value is -0.200. The third kappa shape index (κ3) is 15.7. The quantitative estimate of drug-likeness (QED) is 0.582. The molecule has 0 saturated carbocycles. The maximum atomic E-state index is 5.95. The molecule has 0 radical (unpaired) electrons. The molecule has 5 heteroatoms. The lowest BCUT2D eigenvalue weighted by Crippen LogP contribution is -2.23. The fourth-order valence-corrected chi connectivity index (χ4v) is 2.87. The maximum absolute atomic E-state index is 5.95. The van der Waals surface area contributed by atoms with Crippen molar-refractivity contribution in [2.75, 3.05) is 59.5 Å². The zero-order chi connectivity index (χ0) is 17.8. The first-order valence-electron chi connectivity index (χ1n) is 10.4. The summed E-state index contributed by atoms with van der Waals surface area (Å²) in [6, 6.07) is 0. The van der Waals surface area contributed by atoms with Crippen LogP contribution in [0.3, 0.4) is 0 Å². The third-order valence-electron chi connectivity index (χ3n) is 4.38. The standard InChI is InChI=1S/C20H40O5/c1-2-3-4-5-6-7-8-9-10-20-19-24-16-15-22-12-11-21-13-14-23-17-18-25-20/h20H,2-19H2,1H3. The second kappa shape index (κ2) is 18.6. The van der Waals surface area contributed by atoms with Gasteiger partial charge in [-0.1, -0.05) is 58.3 Å². The Morgan fingerprint density at radius 3 is 1.64 bits per heavy atom. The minimum absolute atomic E-state index is 0.171. The van der Waals surface area contributed by atoms with Gasteiger partial charge in [0.15, 0.2) is 0 Å². The van der Waals surface area contributed by atoms with Crippen LogP contribution in [0.2, 0.25) is 0 Å². The van der Waals surface area contributed by atoms with Crippen LogP contribution in [0.15, 0.2) is 0 Å². The highest BCUT2D eigenvalue weighted by Gasteiger charge is 2.10. The Bertz CT molecular complexity index is 246. The van der Waals surface area contributed by atoms with Gasteiger partial charge in [0.25, 0.3) is 0 Å².